The second-order valence-electron chi connectivity index (χ2n) is 22.1. The largest absolute Gasteiger partial charge is 0.497 e. The van der Waals surface area contributed by atoms with Crippen LogP contribution in [0.15, 0.2) is 109 Å². The van der Waals surface area contributed by atoms with Crippen LogP contribution in [-0.4, -0.2) is 20.8 Å². The molecule has 6 heteroatoms. The summed E-state index contributed by atoms with van der Waals surface area (Å²) in [5.74, 6) is 3.86. The van der Waals surface area contributed by atoms with Crippen LogP contribution in [0, 0.1) is 111 Å². The highest BCUT2D eigenvalue weighted by Gasteiger charge is 2.26. The fourth-order valence-electron chi connectivity index (χ4n) is 13.0. The molecule has 6 nitrogen and oxygen atoms in total. The molecule has 0 spiro atoms. The van der Waals surface area contributed by atoms with Crippen LogP contribution in [0.5, 0.6) is 28.7 Å². The minimum atomic E-state index is 0.754. The number of fused-ring (bicyclic) bond motifs is 9. The van der Waals surface area contributed by atoms with Crippen LogP contribution in [0.3, 0.4) is 0 Å². The van der Waals surface area contributed by atoms with E-state index in [1.54, 1.807) is 7.11 Å². The SMILES string of the molecule is COc1ccc(-n2c3ccc(Oc4ccc(-n5c6c(C)c(C)c(C)c(C)c6c6c(C)c(C)c(C)c(C)c65)cc4)cc3c3cc(Oc4ccc(-n5c6c(C)c(C)c(C)c(C)c6c6c(C)c(C)c(C)c(C)c65)cc4)ccc32)cc1. The van der Waals surface area contributed by atoms with Gasteiger partial charge in [0.25, 0.3) is 0 Å². The number of rotatable bonds is 8. The third kappa shape index (κ3) is 7.20. The summed E-state index contributed by atoms with van der Waals surface area (Å²) in [6, 6.07) is 38.3. The zero-order valence-corrected chi connectivity index (χ0v) is 48.0. The van der Waals surface area contributed by atoms with Crippen molar-refractivity contribution in [2.45, 2.75) is 111 Å². The van der Waals surface area contributed by atoms with E-state index in [1.807, 2.05) is 12.1 Å². The molecule has 3 aromatic heterocycles. The fraction of sp³-hybridized carbons (Fsp3) is 0.239. The number of hydrogen-bond acceptors (Lipinski definition) is 3. The number of hydrogen-bond donors (Lipinski definition) is 0. The Morgan fingerprint density at radius 3 is 0.779 bits per heavy atom. The molecule has 9 aromatic carbocycles. The van der Waals surface area contributed by atoms with Gasteiger partial charge in [-0.05, 0) is 309 Å². The van der Waals surface area contributed by atoms with Gasteiger partial charge >= 0.3 is 0 Å². The number of benzene rings is 9. The molecular formula is C71H69N3O3. The standard InChI is InChI=1S/C71H69N3O3/c1-36-40(5)48(13)68-64(44(36)9)65-45(10)37(2)41(6)49(14)69(65)73(68)53-20-26-56(27-21-53)76-58-30-32-62-60(34-58)61-35-59(31-33-63(61)72(62)52-18-24-55(75-17)25-19-52)77-57-28-22-54(23-29-57)74-70-50(15)42(7)38(3)46(11)66(70)67-47(12)39(4)43(8)51(16)71(67)74/h18-35H,1-17H3. The van der Waals surface area contributed by atoms with Crippen LogP contribution >= 0.6 is 0 Å². The second kappa shape index (κ2) is 17.9. The second-order valence-corrected chi connectivity index (χ2v) is 22.1. The highest BCUT2D eigenvalue weighted by Crippen LogP contribution is 2.46. The minimum Gasteiger partial charge on any atom is -0.497 e. The molecule has 77 heavy (non-hydrogen) atoms. The van der Waals surface area contributed by atoms with Crippen LogP contribution in [-0.2, 0) is 0 Å². The first-order valence-corrected chi connectivity index (χ1v) is 27.1. The molecule has 12 aromatic rings. The lowest BCUT2D eigenvalue weighted by molar-refractivity contribution is 0.415. The van der Waals surface area contributed by atoms with Gasteiger partial charge in [-0.2, -0.15) is 0 Å². The number of methoxy groups -OCH3 is 1. The molecule has 0 saturated heterocycles. The van der Waals surface area contributed by atoms with Gasteiger partial charge in [-0.3, -0.25) is 0 Å². The van der Waals surface area contributed by atoms with Crippen molar-refractivity contribution in [2.75, 3.05) is 7.11 Å². The highest BCUT2D eigenvalue weighted by molar-refractivity contribution is 6.17. The molecule has 0 saturated carbocycles. The number of ether oxygens (including phenoxy) is 3. The number of aryl methyl sites for hydroxylation is 8. The van der Waals surface area contributed by atoms with E-state index >= 15 is 0 Å². The molecule has 12 rings (SSSR count). The smallest absolute Gasteiger partial charge is 0.128 e. The average molecular weight is 1010 g/mol. The summed E-state index contributed by atoms with van der Waals surface area (Å²) in [5.41, 5.74) is 32.1. The molecule has 0 radical (unpaired) electrons. The average Bonchev–Trinajstić information content (AvgIpc) is 4.32. The van der Waals surface area contributed by atoms with Crippen molar-refractivity contribution in [3.05, 3.63) is 198 Å². The Hall–Kier alpha value is -8.22. The predicted molar refractivity (Wildman–Crippen MR) is 325 cm³/mol. The third-order valence-corrected chi connectivity index (χ3v) is 18.7. The van der Waals surface area contributed by atoms with Gasteiger partial charge in [0.2, 0.25) is 0 Å². The van der Waals surface area contributed by atoms with Gasteiger partial charge in [0.05, 0.1) is 40.2 Å². The Kier molecular flexibility index (Phi) is 11.6. The van der Waals surface area contributed by atoms with Crippen molar-refractivity contribution in [3.8, 4) is 45.8 Å². The molecule has 0 atom stereocenters. The third-order valence-electron chi connectivity index (χ3n) is 18.7. The Bertz CT molecular complexity index is 4080. The zero-order valence-electron chi connectivity index (χ0n) is 48.0. The molecule has 0 aliphatic carbocycles. The summed E-state index contributed by atoms with van der Waals surface area (Å²) >= 11 is 0. The quantitative estimate of drug-likeness (QED) is 0.152. The van der Waals surface area contributed by atoms with E-state index in [0.717, 1.165) is 67.6 Å². The van der Waals surface area contributed by atoms with Crippen LogP contribution in [0.4, 0.5) is 0 Å². The molecule has 0 bridgehead atoms. The first-order chi connectivity index (χ1) is 36.8. The van der Waals surface area contributed by atoms with Gasteiger partial charge < -0.3 is 27.9 Å². The fourth-order valence-corrected chi connectivity index (χ4v) is 13.0. The summed E-state index contributed by atoms with van der Waals surface area (Å²) < 4.78 is 26.5. The maximum absolute atomic E-state index is 6.79. The predicted octanol–water partition coefficient (Wildman–Crippen LogP) is 19.5. The van der Waals surface area contributed by atoms with E-state index in [-0.39, 0.29) is 0 Å². The topological polar surface area (TPSA) is 42.5 Å². The van der Waals surface area contributed by atoms with Crippen molar-refractivity contribution < 1.29 is 14.2 Å². The molecule has 0 amide bonds. The summed E-state index contributed by atoms with van der Waals surface area (Å²) in [5, 5.41) is 7.56. The molecule has 0 unspecified atom stereocenters. The van der Waals surface area contributed by atoms with Gasteiger partial charge in [0.1, 0.15) is 28.7 Å². The molecule has 0 fully saturated rings. The normalized spacial score (nSPS) is 12.0. The zero-order chi connectivity index (χ0) is 54.4. The maximum Gasteiger partial charge on any atom is 0.128 e. The van der Waals surface area contributed by atoms with Crippen molar-refractivity contribution in [3.63, 3.8) is 0 Å². The molecule has 0 aliphatic rings. The van der Waals surface area contributed by atoms with E-state index < -0.39 is 0 Å². The van der Waals surface area contributed by atoms with E-state index in [0.29, 0.717) is 0 Å². The first-order valence-electron chi connectivity index (χ1n) is 27.1. The summed E-state index contributed by atoms with van der Waals surface area (Å²) in [4.78, 5) is 0. The molecular weight excluding hydrogens is 943 g/mol. The number of nitrogens with zero attached hydrogens (tertiary/aromatic N) is 3. The Balaban J connectivity index is 0.930. The summed E-state index contributed by atoms with van der Waals surface area (Å²) in [6.07, 6.45) is 0. The Labute approximate surface area is 453 Å². The summed E-state index contributed by atoms with van der Waals surface area (Å²) in [7, 11) is 1.70. The van der Waals surface area contributed by atoms with Gasteiger partial charge in [-0.25, -0.2) is 0 Å². The van der Waals surface area contributed by atoms with E-state index in [9.17, 15) is 0 Å². The Morgan fingerprint density at radius 2 is 0.494 bits per heavy atom. The minimum absolute atomic E-state index is 0.754. The van der Waals surface area contributed by atoms with Crippen LogP contribution < -0.4 is 14.2 Å². The van der Waals surface area contributed by atoms with Crippen LogP contribution in [0.25, 0.3) is 82.5 Å². The maximum atomic E-state index is 6.79. The van der Waals surface area contributed by atoms with Gasteiger partial charge in [0, 0.05) is 49.4 Å². The number of aromatic nitrogens is 3. The van der Waals surface area contributed by atoms with E-state index in [4.69, 9.17) is 14.2 Å². The van der Waals surface area contributed by atoms with Crippen LogP contribution in [0.2, 0.25) is 0 Å². The lowest BCUT2D eigenvalue weighted by atomic mass is 9.90. The first kappa shape index (κ1) is 49.6. The van der Waals surface area contributed by atoms with Crippen LogP contribution in [0.1, 0.15) is 89.0 Å². The molecule has 0 aliphatic heterocycles. The monoisotopic (exact) mass is 1010 g/mol. The Morgan fingerprint density at radius 1 is 0.247 bits per heavy atom. The van der Waals surface area contributed by atoms with Gasteiger partial charge in [-0.15, -0.1) is 0 Å². The van der Waals surface area contributed by atoms with Crippen molar-refractivity contribution in [1.29, 1.82) is 0 Å². The van der Waals surface area contributed by atoms with E-state index in [2.05, 4.69) is 222 Å². The van der Waals surface area contributed by atoms with E-state index in [1.165, 1.54) is 133 Å². The lowest BCUT2D eigenvalue weighted by Gasteiger charge is -2.16. The van der Waals surface area contributed by atoms with Gasteiger partial charge in [-0.1, -0.05) is 0 Å². The summed E-state index contributed by atoms with van der Waals surface area (Å²) in [6.45, 7) is 36.5. The molecule has 0 N–H and O–H groups in total. The lowest BCUT2D eigenvalue weighted by Crippen LogP contribution is -2.01. The molecule has 3 heterocycles. The van der Waals surface area contributed by atoms with Crippen molar-refractivity contribution in [2.24, 2.45) is 0 Å². The van der Waals surface area contributed by atoms with Crippen molar-refractivity contribution in [1.82, 2.24) is 13.7 Å². The van der Waals surface area contributed by atoms with Gasteiger partial charge in [0.15, 0.2) is 0 Å². The van der Waals surface area contributed by atoms with Crippen molar-refractivity contribution >= 4 is 65.4 Å². The highest BCUT2D eigenvalue weighted by atomic mass is 16.5. The molecule has 386 valence electrons.